The van der Waals surface area contributed by atoms with E-state index in [1.807, 2.05) is 19.9 Å². The molecule has 2 atom stereocenters. The van der Waals surface area contributed by atoms with Gasteiger partial charge in [0, 0.05) is 22.5 Å². The molecule has 4 heteroatoms. The van der Waals surface area contributed by atoms with Crippen LogP contribution in [0.4, 0.5) is 0 Å². The third kappa shape index (κ3) is 2.97. The minimum atomic E-state index is 0.262. The molecule has 0 fully saturated rings. The van der Waals surface area contributed by atoms with Crippen LogP contribution in [0.3, 0.4) is 0 Å². The summed E-state index contributed by atoms with van der Waals surface area (Å²) in [5.74, 6) is 1.95. The molecule has 0 amide bonds. The van der Waals surface area contributed by atoms with Crippen molar-refractivity contribution in [1.82, 2.24) is 5.32 Å². The molecule has 98 valence electrons. The molecule has 2 aromatic rings. The molecule has 18 heavy (non-hydrogen) atoms. The van der Waals surface area contributed by atoms with Crippen LogP contribution in [0.25, 0.3) is 0 Å². The van der Waals surface area contributed by atoms with Gasteiger partial charge in [-0.2, -0.15) is 0 Å². The predicted octanol–water partition coefficient (Wildman–Crippen LogP) is 5.02. The Morgan fingerprint density at radius 3 is 2.44 bits per heavy atom. The van der Waals surface area contributed by atoms with Crippen molar-refractivity contribution in [3.63, 3.8) is 0 Å². The predicted molar refractivity (Wildman–Crippen MR) is 77.5 cm³/mol. The Balaban J connectivity index is 2.07. The average molecular weight is 284 g/mol. The van der Waals surface area contributed by atoms with Crippen LogP contribution < -0.4 is 5.32 Å². The van der Waals surface area contributed by atoms with Crippen molar-refractivity contribution in [2.75, 3.05) is 0 Å². The molecule has 2 heterocycles. The fourth-order valence-corrected chi connectivity index (χ4v) is 3.26. The summed E-state index contributed by atoms with van der Waals surface area (Å²) in [6.07, 6.45) is 0. The van der Waals surface area contributed by atoms with Crippen molar-refractivity contribution >= 4 is 22.9 Å². The zero-order valence-electron chi connectivity index (χ0n) is 11.1. The summed E-state index contributed by atoms with van der Waals surface area (Å²) < 4.78 is 6.40. The highest BCUT2D eigenvalue weighted by Crippen LogP contribution is 2.29. The summed E-state index contributed by atoms with van der Waals surface area (Å²) in [4.78, 5) is 1.25. The van der Waals surface area contributed by atoms with Gasteiger partial charge < -0.3 is 9.73 Å². The summed E-state index contributed by atoms with van der Waals surface area (Å²) >= 11 is 7.58. The van der Waals surface area contributed by atoms with Gasteiger partial charge in [0.05, 0.1) is 4.34 Å². The smallest absolute Gasteiger partial charge is 0.105 e. The van der Waals surface area contributed by atoms with Crippen LogP contribution in [-0.4, -0.2) is 0 Å². The van der Waals surface area contributed by atoms with Gasteiger partial charge in [0.15, 0.2) is 0 Å². The van der Waals surface area contributed by atoms with Crippen LogP contribution in [0.15, 0.2) is 22.6 Å². The highest BCUT2D eigenvalue weighted by atomic mass is 35.5. The number of aryl methyl sites for hydroxylation is 2. The maximum Gasteiger partial charge on any atom is 0.105 e. The van der Waals surface area contributed by atoms with Crippen molar-refractivity contribution in [1.29, 1.82) is 0 Å². The van der Waals surface area contributed by atoms with E-state index >= 15 is 0 Å². The minimum Gasteiger partial charge on any atom is -0.466 e. The van der Waals surface area contributed by atoms with Crippen molar-refractivity contribution in [3.8, 4) is 0 Å². The van der Waals surface area contributed by atoms with Crippen molar-refractivity contribution in [2.24, 2.45) is 0 Å². The monoisotopic (exact) mass is 283 g/mol. The first-order valence-electron chi connectivity index (χ1n) is 6.05. The molecule has 2 rings (SSSR count). The van der Waals surface area contributed by atoms with E-state index in [9.17, 15) is 0 Å². The first kappa shape index (κ1) is 13.7. The lowest BCUT2D eigenvalue weighted by atomic mass is 10.1. The van der Waals surface area contributed by atoms with Crippen LogP contribution in [0.2, 0.25) is 4.34 Å². The quantitative estimate of drug-likeness (QED) is 0.852. The summed E-state index contributed by atoms with van der Waals surface area (Å²) in [6.45, 7) is 8.29. The van der Waals surface area contributed by atoms with E-state index < -0.39 is 0 Å². The lowest BCUT2D eigenvalue weighted by Gasteiger charge is -2.18. The average Bonchev–Trinajstić information content (AvgIpc) is 2.84. The van der Waals surface area contributed by atoms with Gasteiger partial charge in [0.2, 0.25) is 0 Å². The van der Waals surface area contributed by atoms with E-state index in [0.29, 0.717) is 0 Å². The van der Waals surface area contributed by atoms with Crippen molar-refractivity contribution in [3.05, 3.63) is 44.5 Å². The number of thiophene rings is 1. The molecule has 2 nitrogen and oxygen atoms in total. The third-order valence-electron chi connectivity index (χ3n) is 3.07. The van der Waals surface area contributed by atoms with Crippen LogP contribution >= 0.6 is 22.9 Å². The van der Waals surface area contributed by atoms with Gasteiger partial charge in [-0.1, -0.05) is 11.6 Å². The second kappa shape index (κ2) is 5.47. The van der Waals surface area contributed by atoms with Crippen LogP contribution in [0, 0.1) is 13.8 Å². The van der Waals surface area contributed by atoms with E-state index in [1.165, 1.54) is 10.4 Å². The Labute approximate surface area is 117 Å². The molecule has 1 N–H and O–H groups in total. The molecular formula is C14H18ClNOS. The zero-order valence-corrected chi connectivity index (χ0v) is 12.7. The SMILES string of the molecule is Cc1cc(C(C)NC(C)c2ccc(Cl)s2)c(C)o1. The number of nitrogens with one attached hydrogen (secondary N) is 1. The topological polar surface area (TPSA) is 25.2 Å². The van der Waals surface area contributed by atoms with Gasteiger partial charge in [-0.05, 0) is 45.9 Å². The van der Waals surface area contributed by atoms with Crippen LogP contribution in [-0.2, 0) is 0 Å². The number of hydrogen-bond donors (Lipinski definition) is 1. The minimum absolute atomic E-state index is 0.262. The largest absolute Gasteiger partial charge is 0.466 e. The zero-order chi connectivity index (χ0) is 13.3. The highest BCUT2D eigenvalue weighted by Gasteiger charge is 2.16. The third-order valence-corrected chi connectivity index (χ3v) is 4.48. The van der Waals surface area contributed by atoms with E-state index in [0.717, 1.165) is 15.9 Å². The fraction of sp³-hybridized carbons (Fsp3) is 0.429. The van der Waals surface area contributed by atoms with Gasteiger partial charge in [0.25, 0.3) is 0 Å². The maximum absolute atomic E-state index is 5.96. The number of halogens is 1. The highest BCUT2D eigenvalue weighted by molar-refractivity contribution is 7.16. The van der Waals surface area contributed by atoms with Crippen LogP contribution in [0.5, 0.6) is 0 Å². The van der Waals surface area contributed by atoms with E-state index in [-0.39, 0.29) is 12.1 Å². The van der Waals surface area contributed by atoms with Crippen molar-refractivity contribution < 1.29 is 4.42 Å². The van der Waals surface area contributed by atoms with Gasteiger partial charge in [-0.25, -0.2) is 0 Å². The Morgan fingerprint density at radius 1 is 1.22 bits per heavy atom. The molecule has 0 spiro atoms. The first-order chi connectivity index (χ1) is 8.47. The van der Waals surface area contributed by atoms with Gasteiger partial charge in [0.1, 0.15) is 11.5 Å². The first-order valence-corrected chi connectivity index (χ1v) is 7.25. The van der Waals surface area contributed by atoms with Gasteiger partial charge in [-0.15, -0.1) is 11.3 Å². The molecular weight excluding hydrogens is 266 g/mol. The van der Waals surface area contributed by atoms with Gasteiger partial charge in [-0.3, -0.25) is 0 Å². The molecule has 0 radical (unpaired) electrons. The van der Waals surface area contributed by atoms with Crippen LogP contribution in [0.1, 0.15) is 47.9 Å². The van der Waals surface area contributed by atoms with E-state index in [4.69, 9.17) is 16.0 Å². The Morgan fingerprint density at radius 2 is 1.94 bits per heavy atom. The molecule has 2 unspecified atom stereocenters. The second-order valence-electron chi connectivity index (χ2n) is 4.62. The Bertz CT molecular complexity index is 532. The van der Waals surface area contributed by atoms with Crippen molar-refractivity contribution in [2.45, 2.75) is 39.8 Å². The number of rotatable bonds is 4. The number of furan rings is 1. The molecule has 0 aliphatic rings. The lowest BCUT2D eigenvalue weighted by Crippen LogP contribution is -2.21. The van der Waals surface area contributed by atoms with Gasteiger partial charge >= 0.3 is 0 Å². The Kier molecular flexibility index (Phi) is 4.15. The Hall–Kier alpha value is -0.770. The fourth-order valence-electron chi connectivity index (χ4n) is 2.19. The maximum atomic E-state index is 5.96. The summed E-state index contributed by atoms with van der Waals surface area (Å²) in [5.41, 5.74) is 1.22. The molecule has 0 aliphatic heterocycles. The number of hydrogen-bond acceptors (Lipinski definition) is 3. The molecule has 0 aliphatic carbocycles. The summed E-state index contributed by atoms with van der Waals surface area (Å²) in [5, 5.41) is 3.57. The lowest BCUT2D eigenvalue weighted by molar-refractivity contribution is 0.471. The summed E-state index contributed by atoms with van der Waals surface area (Å²) in [7, 11) is 0. The molecule has 2 aromatic heterocycles. The molecule has 0 saturated carbocycles. The van der Waals surface area contributed by atoms with E-state index in [2.05, 4.69) is 31.3 Å². The molecule has 0 bridgehead atoms. The standard InChI is InChI=1S/C14H18ClNOS/c1-8-7-12(11(4)17-8)9(2)16-10(3)13-5-6-14(15)18-13/h5-7,9-10,16H,1-4H3. The van der Waals surface area contributed by atoms with E-state index in [1.54, 1.807) is 11.3 Å². The molecule has 0 aromatic carbocycles. The normalized spacial score (nSPS) is 14.7. The molecule has 0 saturated heterocycles. The summed E-state index contributed by atoms with van der Waals surface area (Å²) in [6, 6.07) is 6.66. The second-order valence-corrected chi connectivity index (χ2v) is 6.37.